The second-order valence-electron chi connectivity index (χ2n) is 2.66. The van der Waals surface area contributed by atoms with Gasteiger partial charge in [0.2, 0.25) is 0 Å². The fourth-order valence-electron chi connectivity index (χ4n) is 0.985. The maximum atomic E-state index is 11.5. The number of nitrogens with one attached hydrogen (secondary N) is 1. The second-order valence-corrected chi connectivity index (χ2v) is 3.83. The van der Waals surface area contributed by atoms with E-state index in [4.69, 9.17) is 5.11 Å². The Kier molecular flexibility index (Phi) is 4.51. The summed E-state index contributed by atoms with van der Waals surface area (Å²) in [7, 11) is 1.14. The molecule has 0 aliphatic heterocycles. The van der Waals surface area contributed by atoms with E-state index in [0.29, 0.717) is 10.5 Å². The van der Waals surface area contributed by atoms with E-state index < -0.39 is 11.9 Å². The molecule has 15 heavy (non-hydrogen) atoms. The minimum absolute atomic E-state index is 0.385. The van der Waals surface area contributed by atoms with Crippen LogP contribution in [0.15, 0.2) is 29.2 Å². The molecule has 1 aromatic carbocycles. The molecule has 0 spiro atoms. The van der Waals surface area contributed by atoms with Crippen molar-refractivity contribution in [3.63, 3.8) is 0 Å². The summed E-state index contributed by atoms with van der Waals surface area (Å²) in [6.45, 7) is -0.385. The number of aliphatic carboxylic acids is 1. The molecule has 0 aliphatic rings. The number of rotatable bonds is 4. The zero-order chi connectivity index (χ0) is 11.3. The lowest BCUT2D eigenvalue weighted by Gasteiger charge is -2.05. The van der Waals surface area contributed by atoms with Crippen molar-refractivity contribution >= 4 is 34.3 Å². The van der Waals surface area contributed by atoms with E-state index in [9.17, 15) is 9.59 Å². The van der Waals surface area contributed by atoms with Crippen LogP contribution >= 0.6 is 22.5 Å². The third-order valence-electron chi connectivity index (χ3n) is 1.63. The van der Waals surface area contributed by atoms with Gasteiger partial charge < -0.3 is 10.4 Å². The average molecular weight is 243 g/mol. The third-order valence-corrected chi connectivity index (χ3v) is 2.77. The van der Waals surface area contributed by atoms with Crippen LogP contribution in [0, 0.1) is 0 Å². The molecular formula is C9H9NO3S2. The van der Waals surface area contributed by atoms with Crippen LogP contribution in [0.3, 0.4) is 0 Å². The molecular weight excluding hydrogens is 234 g/mol. The summed E-state index contributed by atoms with van der Waals surface area (Å²) in [6, 6.07) is 6.86. The molecule has 0 saturated carbocycles. The molecule has 0 radical (unpaired) electrons. The molecule has 0 fully saturated rings. The van der Waals surface area contributed by atoms with Gasteiger partial charge in [0.1, 0.15) is 6.54 Å². The first kappa shape index (κ1) is 11.9. The number of amides is 1. The summed E-state index contributed by atoms with van der Waals surface area (Å²) in [5.41, 5.74) is 0.429. The van der Waals surface area contributed by atoms with Gasteiger partial charge in [0, 0.05) is 4.90 Å². The van der Waals surface area contributed by atoms with Crippen LogP contribution in [0.25, 0.3) is 0 Å². The molecule has 0 unspecified atom stereocenters. The molecule has 0 heterocycles. The zero-order valence-corrected chi connectivity index (χ0v) is 9.35. The largest absolute Gasteiger partial charge is 0.480 e. The molecule has 0 bridgehead atoms. The maximum absolute atomic E-state index is 11.5. The number of thiol groups is 1. The Bertz CT molecular complexity index is 381. The Balaban J connectivity index is 2.77. The summed E-state index contributed by atoms with van der Waals surface area (Å²) in [5, 5.41) is 10.7. The van der Waals surface area contributed by atoms with E-state index in [2.05, 4.69) is 17.0 Å². The van der Waals surface area contributed by atoms with E-state index >= 15 is 0 Å². The lowest BCUT2D eigenvalue weighted by atomic mass is 10.2. The molecule has 0 atom stereocenters. The highest BCUT2D eigenvalue weighted by atomic mass is 33.1. The van der Waals surface area contributed by atoms with Gasteiger partial charge in [-0.3, -0.25) is 9.59 Å². The van der Waals surface area contributed by atoms with Crippen LogP contribution in [0.4, 0.5) is 0 Å². The van der Waals surface area contributed by atoms with Crippen LogP contribution in [0.2, 0.25) is 0 Å². The highest BCUT2D eigenvalue weighted by Crippen LogP contribution is 2.24. The van der Waals surface area contributed by atoms with E-state index in [1.807, 2.05) is 0 Å². The zero-order valence-electron chi connectivity index (χ0n) is 7.64. The highest BCUT2D eigenvalue weighted by molar-refractivity contribution is 8.68. The SMILES string of the molecule is O=C(O)CNC(=O)c1ccccc1SS. The molecule has 80 valence electrons. The minimum atomic E-state index is -1.07. The van der Waals surface area contributed by atoms with Gasteiger partial charge in [0.25, 0.3) is 5.91 Å². The van der Waals surface area contributed by atoms with Crippen LogP contribution < -0.4 is 5.32 Å². The molecule has 4 nitrogen and oxygen atoms in total. The number of hydrogen-bond acceptors (Lipinski definition) is 4. The lowest BCUT2D eigenvalue weighted by molar-refractivity contribution is -0.135. The number of hydrogen-bond donors (Lipinski definition) is 3. The van der Waals surface area contributed by atoms with E-state index in [0.717, 1.165) is 10.8 Å². The minimum Gasteiger partial charge on any atom is -0.480 e. The fraction of sp³-hybridized carbons (Fsp3) is 0.111. The topological polar surface area (TPSA) is 66.4 Å². The first-order valence-electron chi connectivity index (χ1n) is 4.05. The van der Waals surface area contributed by atoms with E-state index in [1.165, 1.54) is 0 Å². The van der Waals surface area contributed by atoms with Crippen molar-refractivity contribution < 1.29 is 14.7 Å². The predicted molar refractivity (Wildman–Crippen MR) is 61.3 cm³/mol. The van der Waals surface area contributed by atoms with Gasteiger partial charge in [0.15, 0.2) is 0 Å². The van der Waals surface area contributed by atoms with Crippen LogP contribution in [0.5, 0.6) is 0 Å². The molecule has 1 amide bonds. The average Bonchev–Trinajstić information content (AvgIpc) is 2.25. The molecule has 2 N–H and O–H groups in total. The number of carboxylic acid groups (broad SMARTS) is 1. The molecule has 1 aromatic rings. The van der Waals surface area contributed by atoms with Gasteiger partial charge in [-0.05, 0) is 12.1 Å². The van der Waals surface area contributed by atoms with Crippen molar-refractivity contribution in [2.45, 2.75) is 4.90 Å². The van der Waals surface area contributed by atoms with Crippen LogP contribution in [-0.2, 0) is 4.79 Å². The van der Waals surface area contributed by atoms with Crippen molar-refractivity contribution in [1.29, 1.82) is 0 Å². The maximum Gasteiger partial charge on any atom is 0.322 e. The van der Waals surface area contributed by atoms with Crippen molar-refractivity contribution in [2.75, 3.05) is 6.54 Å². The Hall–Kier alpha value is -1.14. The Morgan fingerprint density at radius 3 is 2.67 bits per heavy atom. The van der Waals surface area contributed by atoms with Gasteiger partial charge in [0.05, 0.1) is 5.56 Å². The molecule has 6 heteroatoms. The van der Waals surface area contributed by atoms with Crippen molar-refractivity contribution in [1.82, 2.24) is 5.32 Å². The number of carboxylic acids is 1. The van der Waals surface area contributed by atoms with Gasteiger partial charge >= 0.3 is 5.97 Å². The first-order valence-corrected chi connectivity index (χ1v) is 5.92. The predicted octanol–water partition coefficient (Wildman–Crippen LogP) is 1.44. The Labute approximate surface area is 95.9 Å². The third kappa shape index (κ3) is 3.49. The number of benzene rings is 1. The monoisotopic (exact) mass is 243 g/mol. The second kappa shape index (κ2) is 5.67. The molecule has 0 aliphatic carbocycles. The van der Waals surface area contributed by atoms with Crippen molar-refractivity contribution in [3.8, 4) is 0 Å². The van der Waals surface area contributed by atoms with Crippen LogP contribution in [0.1, 0.15) is 10.4 Å². The van der Waals surface area contributed by atoms with E-state index in [-0.39, 0.29) is 6.54 Å². The summed E-state index contributed by atoms with van der Waals surface area (Å²) in [4.78, 5) is 22.5. The standard InChI is InChI=1S/C9H9NO3S2/c11-8(12)5-10-9(13)6-3-1-2-4-7(6)15-14/h1-4,14H,5H2,(H,10,13)(H,11,12). The fourth-order valence-corrected chi connectivity index (χ4v) is 1.86. The summed E-state index contributed by atoms with van der Waals surface area (Å²) in [6.07, 6.45) is 0. The normalized spacial score (nSPS) is 9.67. The van der Waals surface area contributed by atoms with Gasteiger partial charge in [-0.2, -0.15) is 0 Å². The molecule has 0 saturated heterocycles. The van der Waals surface area contributed by atoms with E-state index in [1.54, 1.807) is 24.3 Å². The highest BCUT2D eigenvalue weighted by Gasteiger charge is 2.10. The Morgan fingerprint density at radius 1 is 1.40 bits per heavy atom. The lowest BCUT2D eigenvalue weighted by Crippen LogP contribution is -2.29. The molecule has 0 aromatic heterocycles. The van der Waals surface area contributed by atoms with Crippen molar-refractivity contribution in [2.24, 2.45) is 0 Å². The summed E-state index contributed by atoms with van der Waals surface area (Å²) >= 11 is 4.00. The number of carbonyl (C=O) groups excluding carboxylic acids is 1. The Morgan fingerprint density at radius 2 is 2.07 bits per heavy atom. The quantitative estimate of drug-likeness (QED) is 0.553. The smallest absolute Gasteiger partial charge is 0.322 e. The van der Waals surface area contributed by atoms with Crippen LogP contribution in [-0.4, -0.2) is 23.5 Å². The molecule has 1 rings (SSSR count). The van der Waals surface area contributed by atoms with Gasteiger partial charge in [-0.15, -0.1) is 11.7 Å². The summed E-state index contributed by atoms with van der Waals surface area (Å²) < 4.78 is 0. The first-order chi connectivity index (χ1) is 7.15. The summed E-state index contributed by atoms with van der Waals surface area (Å²) in [5.74, 6) is -1.48. The number of carbonyl (C=O) groups is 2. The van der Waals surface area contributed by atoms with Gasteiger partial charge in [-0.1, -0.05) is 22.9 Å². The van der Waals surface area contributed by atoms with Gasteiger partial charge in [-0.25, -0.2) is 0 Å². The van der Waals surface area contributed by atoms with Crippen molar-refractivity contribution in [3.05, 3.63) is 29.8 Å².